The molecule has 1 aromatic carbocycles. The quantitative estimate of drug-likeness (QED) is 0.782. The van der Waals surface area contributed by atoms with Gasteiger partial charge in [0.1, 0.15) is 11.9 Å². The number of likely N-dealkylation sites (tertiary alicyclic amines) is 1. The highest BCUT2D eigenvalue weighted by Gasteiger charge is 2.28. The van der Waals surface area contributed by atoms with Crippen LogP contribution in [0.2, 0.25) is 0 Å². The topological polar surface area (TPSA) is 90.6 Å². The van der Waals surface area contributed by atoms with Gasteiger partial charge in [0.05, 0.1) is 28.8 Å². The van der Waals surface area contributed by atoms with Crippen LogP contribution in [-0.2, 0) is 0 Å². The zero-order valence-corrected chi connectivity index (χ0v) is 13.2. The molecule has 3 heterocycles. The Morgan fingerprint density at radius 3 is 3.12 bits per heavy atom. The molecule has 1 aliphatic rings. The third-order valence-electron chi connectivity index (χ3n) is 4.40. The number of benzene rings is 1. The predicted octanol–water partition coefficient (Wildman–Crippen LogP) is 2.03. The highest BCUT2D eigenvalue weighted by atomic mass is 16.2. The van der Waals surface area contributed by atoms with Crippen molar-refractivity contribution in [1.82, 2.24) is 24.6 Å². The number of carbonyl (C=O) groups excluding carboxylic acids is 1. The van der Waals surface area contributed by atoms with Gasteiger partial charge in [-0.25, -0.2) is 4.98 Å². The average molecular weight is 320 g/mol. The number of nitrogens with zero attached hydrogens (tertiary/aromatic N) is 5. The molecule has 2 aromatic heterocycles. The van der Waals surface area contributed by atoms with Crippen molar-refractivity contribution < 1.29 is 4.79 Å². The summed E-state index contributed by atoms with van der Waals surface area (Å²) in [5.41, 5.74) is 2.94. The van der Waals surface area contributed by atoms with Gasteiger partial charge in [0.15, 0.2) is 0 Å². The molecule has 0 saturated carbocycles. The smallest absolute Gasteiger partial charge is 0.254 e. The highest BCUT2D eigenvalue weighted by Crippen LogP contribution is 2.24. The second-order valence-corrected chi connectivity index (χ2v) is 6.07. The van der Waals surface area contributed by atoms with Crippen LogP contribution < -0.4 is 0 Å². The second kappa shape index (κ2) is 5.49. The third-order valence-corrected chi connectivity index (χ3v) is 4.40. The lowest BCUT2D eigenvalue weighted by Gasteiger charge is -2.16. The van der Waals surface area contributed by atoms with Crippen molar-refractivity contribution in [2.75, 3.05) is 13.1 Å². The number of amides is 1. The number of aromatic nitrogens is 4. The second-order valence-electron chi connectivity index (χ2n) is 6.07. The zero-order chi connectivity index (χ0) is 16.7. The summed E-state index contributed by atoms with van der Waals surface area (Å²) in [5, 5.41) is 13.1. The molecule has 1 atom stereocenters. The van der Waals surface area contributed by atoms with Gasteiger partial charge in [-0.1, -0.05) is 0 Å². The number of nitrogens with one attached hydrogen (secondary N) is 1. The first-order chi connectivity index (χ1) is 11.6. The van der Waals surface area contributed by atoms with E-state index >= 15 is 0 Å². The van der Waals surface area contributed by atoms with Gasteiger partial charge in [0.2, 0.25) is 0 Å². The van der Waals surface area contributed by atoms with Gasteiger partial charge < -0.3 is 9.88 Å². The van der Waals surface area contributed by atoms with Crippen LogP contribution in [-0.4, -0.2) is 43.6 Å². The van der Waals surface area contributed by atoms with E-state index in [2.05, 4.69) is 21.1 Å². The van der Waals surface area contributed by atoms with Crippen LogP contribution >= 0.6 is 0 Å². The molecule has 0 spiro atoms. The van der Waals surface area contributed by atoms with E-state index in [1.165, 1.54) is 0 Å². The number of nitriles is 1. The standard InChI is InChI=1S/C17H16N6O/c1-11-20-15-3-2-13(6-16(15)21-11)17(24)22-5-4-14(10-22)23-9-12(7-18)8-19-23/h2-3,6,8-9,14H,4-5,10H2,1H3,(H,20,21). The van der Waals surface area contributed by atoms with E-state index in [1.54, 1.807) is 17.1 Å². The Balaban J connectivity index is 1.53. The van der Waals surface area contributed by atoms with E-state index < -0.39 is 0 Å². The van der Waals surface area contributed by atoms with Crippen molar-refractivity contribution in [3.05, 3.63) is 47.5 Å². The van der Waals surface area contributed by atoms with Crippen molar-refractivity contribution >= 4 is 16.9 Å². The van der Waals surface area contributed by atoms with E-state index in [4.69, 9.17) is 5.26 Å². The maximum atomic E-state index is 12.7. The maximum absolute atomic E-state index is 12.7. The summed E-state index contributed by atoms with van der Waals surface area (Å²) in [5.74, 6) is 0.849. The van der Waals surface area contributed by atoms with Crippen molar-refractivity contribution in [2.45, 2.75) is 19.4 Å². The van der Waals surface area contributed by atoms with Crippen molar-refractivity contribution in [3.8, 4) is 6.07 Å². The van der Waals surface area contributed by atoms with Crippen LogP contribution in [0, 0.1) is 18.3 Å². The first-order valence-corrected chi connectivity index (χ1v) is 7.84. The van der Waals surface area contributed by atoms with Crippen LogP contribution in [0.25, 0.3) is 11.0 Å². The summed E-state index contributed by atoms with van der Waals surface area (Å²) >= 11 is 0. The summed E-state index contributed by atoms with van der Waals surface area (Å²) in [4.78, 5) is 22.1. The first kappa shape index (κ1) is 14.5. The molecule has 24 heavy (non-hydrogen) atoms. The van der Waals surface area contributed by atoms with E-state index in [1.807, 2.05) is 30.0 Å². The average Bonchev–Trinajstić information content (AvgIpc) is 3.30. The molecule has 3 aromatic rings. The fraction of sp³-hybridized carbons (Fsp3) is 0.294. The lowest BCUT2D eigenvalue weighted by molar-refractivity contribution is 0.0787. The Hall–Kier alpha value is -3.14. The van der Waals surface area contributed by atoms with Gasteiger partial charge in [0.25, 0.3) is 5.91 Å². The Kier molecular flexibility index (Phi) is 3.31. The Labute approximate surface area is 138 Å². The number of hydrogen-bond donors (Lipinski definition) is 1. The van der Waals surface area contributed by atoms with E-state index in [0.717, 1.165) is 23.3 Å². The van der Waals surface area contributed by atoms with Crippen molar-refractivity contribution in [2.24, 2.45) is 0 Å². The minimum atomic E-state index is 0.0133. The number of hydrogen-bond acceptors (Lipinski definition) is 4. The molecule has 1 amide bonds. The van der Waals surface area contributed by atoms with Crippen molar-refractivity contribution in [3.63, 3.8) is 0 Å². The molecule has 1 saturated heterocycles. The van der Waals surface area contributed by atoms with E-state index in [0.29, 0.717) is 24.2 Å². The van der Waals surface area contributed by atoms with Gasteiger partial charge in [-0.3, -0.25) is 9.48 Å². The van der Waals surface area contributed by atoms with Crippen LogP contribution in [0.1, 0.15) is 34.2 Å². The van der Waals surface area contributed by atoms with Crippen LogP contribution in [0.5, 0.6) is 0 Å². The molecule has 7 nitrogen and oxygen atoms in total. The lowest BCUT2D eigenvalue weighted by Crippen LogP contribution is -2.29. The molecule has 0 radical (unpaired) electrons. The number of carbonyl (C=O) groups is 1. The third kappa shape index (κ3) is 2.42. The molecule has 7 heteroatoms. The van der Waals surface area contributed by atoms with E-state index in [9.17, 15) is 4.79 Å². The number of aromatic amines is 1. The number of rotatable bonds is 2. The van der Waals surface area contributed by atoms with Gasteiger partial charge in [0, 0.05) is 24.8 Å². The molecule has 1 fully saturated rings. The summed E-state index contributed by atoms with van der Waals surface area (Å²) in [6.45, 7) is 3.18. The van der Waals surface area contributed by atoms with Crippen molar-refractivity contribution in [1.29, 1.82) is 5.26 Å². The van der Waals surface area contributed by atoms with Crippen LogP contribution in [0.3, 0.4) is 0 Å². The van der Waals surface area contributed by atoms with E-state index in [-0.39, 0.29) is 11.9 Å². The highest BCUT2D eigenvalue weighted by molar-refractivity contribution is 5.97. The summed E-state index contributed by atoms with van der Waals surface area (Å²) in [6.07, 6.45) is 4.13. The van der Waals surface area contributed by atoms with Crippen LogP contribution in [0.4, 0.5) is 0 Å². The number of H-pyrrole nitrogens is 1. The van der Waals surface area contributed by atoms with Crippen LogP contribution in [0.15, 0.2) is 30.6 Å². The van der Waals surface area contributed by atoms with Gasteiger partial charge in [-0.05, 0) is 31.5 Å². The molecule has 1 N–H and O–H groups in total. The monoisotopic (exact) mass is 320 g/mol. The lowest BCUT2D eigenvalue weighted by atomic mass is 10.2. The Bertz CT molecular complexity index is 963. The molecular formula is C17H16N6O. The normalized spacial score (nSPS) is 17.3. The number of fused-ring (bicyclic) bond motifs is 1. The Morgan fingerprint density at radius 1 is 1.46 bits per heavy atom. The largest absolute Gasteiger partial charge is 0.342 e. The Morgan fingerprint density at radius 2 is 2.33 bits per heavy atom. The maximum Gasteiger partial charge on any atom is 0.254 e. The fourth-order valence-corrected chi connectivity index (χ4v) is 3.19. The molecule has 0 bridgehead atoms. The molecule has 120 valence electrons. The summed E-state index contributed by atoms with van der Waals surface area (Å²) in [6, 6.07) is 7.74. The molecule has 1 aliphatic heterocycles. The fourth-order valence-electron chi connectivity index (χ4n) is 3.19. The van der Waals surface area contributed by atoms with Gasteiger partial charge >= 0.3 is 0 Å². The predicted molar refractivity (Wildman–Crippen MR) is 87.3 cm³/mol. The van der Waals surface area contributed by atoms with Gasteiger partial charge in [-0.2, -0.15) is 10.4 Å². The molecule has 4 rings (SSSR count). The summed E-state index contributed by atoms with van der Waals surface area (Å²) in [7, 11) is 0. The molecular weight excluding hydrogens is 304 g/mol. The molecule has 1 unspecified atom stereocenters. The first-order valence-electron chi connectivity index (χ1n) is 7.84. The number of imidazole rings is 1. The van der Waals surface area contributed by atoms with Gasteiger partial charge in [-0.15, -0.1) is 0 Å². The summed E-state index contributed by atoms with van der Waals surface area (Å²) < 4.78 is 1.79. The number of aryl methyl sites for hydroxylation is 1. The zero-order valence-electron chi connectivity index (χ0n) is 13.2. The minimum Gasteiger partial charge on any atom is -0.342 e. The SMILES string of the molecule is Cc1nc2ccc(C(=O)N3CCC(n4cc(C#N)cn4)C3)cc2[nH]1. The minimum absolute atomic E-state index is 0.0133. The molecule has 0 aliphatic carbocycles.